The van der Waals surface area contributed by atoms with Crippen LogP contribution in [0.5, 0.6) is 0 Å². The van der Waals surface area contributed by atoms with Crippen molar-refractivity contribution in [2.75, 3.05) is 18.9 Å². The second-order valence-electron chi connectivity index (χ2n) is 9.18. The molecule has 35 heavy (non-hydrogen) atoms. The molecule has 1 aromatic rings. The number of carbonyl (C=O) groups excluding carboxylic acids is 3. The van der Waals surface area contributed by atoms with Crippen LogP contribution in [0.2, 0.25) is 0 Å². The fourth-order valence-corrected chi connectivity index (χ4v) is 6.91. The van der Waals surface area contributed by atoms with Gasteiger partial charge < -0.3 is 25.0 Å². The molecule has 12 heteroatoms. The largest absolute Gasteiger partial charge is 0.478 e. The molecule has 0 aromatic heterocycles. The van der Waals surface area contributed by atoms with Gasteiger partial charge in [0, 0.05) is 28.3 Å². The average Bonchev–Trinajstić information content (AvgIpc) is 3.28. The molecule has 2 saturated heterocycles. The number of carbonyl (C=O) groups is 4. The molecule has 0 radical (unpaired) electrons. The summed E-state index contributed by atoms with van der Waals surface area (Å²) < 4.78 is 4.88. The normalized spacial score (nSPS) is 29.0. The van der Waals surface area contributed by atoms with Crippen LogP contribution in [0.3, 0.4) is 0 Å². The molecule has 1 aromatic carbocycles. The molecule has 0 bridgehead atoms. The van der Waals surface area contributed by atoms with E-state index >= 15 is 0 Å². The first-order valence-electron chi connectivity index (χ1n) is 11.2. The van der Waals surface area contributed by atoms with Crippen molar-refractivity contribution >= 4 is 50.7 Å². The number of hydrogen-bond acceptors (Lipinski definition) is 8. The van der Waals surface area contributed by atoms with Crippen LogP contribution in [0.25, 0.3) is 0 Å². The van der Waals surface area contributed by atoms with Crippen molar-refractivity contribution in [2.24, 2.45) is 11.8 Å². The smallest absolute Gasteiger partial charge is 0.358 e. The summed E-state index contributed by atoms with van der Waals surface area (Å²) in [6.07, 6.45) is -0.321. The van der Waals surface area contributed by atoms with E-state index in [2.05, 4.69) is 5.32 Å². The molecule has 10 nitrogen and oxygen atoms in total. The van der Waals surface area contributed by atoms with Crippen LogP contribution in [-0.4, -0.2) is 80.8 Å². The van der Waals surface area contributed by atoms with Crippen molar-refractivity contribution in [3.8, 4) is 0 Å². The molecule has 0 saturated carbocycles. The molecule has 7 atom stereocenters. The number of aromatic carboxylic acids is 1. The van der Waals surface area contributed by atoms with Crippen LogP contribution < -0.4 is 5.32 Å². The second-order valence-corrected chi connectivity index (χ2v) is 10.8. The Hall–Kier alpha value is -2.46. The number of β-lactam (4-membered cyclic amide) rings is 1. The van der Waals surface area contributed by atoms with Crippen molar-refractivity contribution in [3.63, 3.8) is 0 Å². The van der Waals surface area contributed by atoms with Gasteiger partial charge in [0.05, 0.1) is 39.1 Å². The lowest BCUT2D eigenvalue weighted by atomic mass is 9.79. The van der Waals surface area contributed by atoms with Gasteiger partial charge >= 0.3 is 11.9 Å². The maximum Gasteiger partial charge on any atom is 0.358 e. The van der Waals surface area contributed by atoms with Gasteiger partial charge in [0.2, 0.25) is 11.8 Å². The van der Waals surface area contributed by atoms with Crippen molar-refractivity contribution in [1.82, 2.24) is 9.80 Å². The number of carboxylic acids is 1. The first-order chi connectivity index (χ1) is 16.5. The van der Waals surface area contributed by atoms with Crippen LogP contribution in [-0.2, 0) is 18.9 Å². The van der Waals surface area contributed by atoms with E-state index in [1.807, 2.05) is 28.3 Å². The summed E-state index contributed by atoms with van der Waals surface area (Å²) in [4.78, 5) is 53.5. The zero-order chi connectivity index (χ0) is 25.6. The third-order valence-corrected chi connectivity index (χ3v) is 8.60. The molecule has 3 aliphatic heterocycles. The summed E-state index contributed by atoms with van der Waals surface area (Å²) in [7, 11) is 3.75. The number of thioether (sulfide) groups is 1. The number of fused-ring (bicyclic) bond motifs is 1. The molecular formula is C23H28N3O7PS. The number of carboxylic acid groups (broad SMARTS) is 1. The van der Waals surface area contributed by atoms with E-state index in [1.54, 1.807) is 19.1 Å². The Morgan fingerprint density at radius 2 is 2.03 bits per heavy atom. The summed E-state index contributed by atoms with van der Waals surface area (Å²) in [5, 5.41) is 22.0. The molecular weight excluding hydrogens is 493 g/mol. The topological polar surface area (TPSA) is 136 Å². The van der Waals surface area contributed by atoms with E-state index < -0.39 is 30.0 Å². The number of nitrogens with one attached hydrogen (secondary N) is 1. The molecule has 2 amide bonds. The van der Waals surface area contributed by atoms with E-state index in [9.17, 15) is 29.4 Å². The zero-order valence-electron chi connectivity index (χ0n) is 19.5. The van der Waals surface area contributed by atoms with Gasteiger partial charge in [-0.05, 0) is 38.6 Å². The van der Waals surface area contributed by atoms with Crippen LogP contribution in [0.15, 0.2) is 34.9 Å². The molecule has 7 unspecified atom stereocenters. The highest BCUT2D eigenvalue weighted by atomic mass is 32.2. The van der Waals surface area contributed by atoms with Gasteiger partial charge in [0.25, 0.3) is 0 Å². The number of anilines is 1. The first kappa shape index (κ1) is 25.6. The number of aliphatic hydroxyl groups is 1. The summed E-state index contributed by atoms with van der Waals surface area (Å²) >= 11 is 1.47. The van der Waals surface area contributed by atoms with Gasteiger partial charge in [0.1, 0.15) is 5.70 Å². The van der Waals surface area contributed by atoms with E-state index in [0.29, 0.717) is 18.7 Å². The molecule has 0 aliphatic carbocycles. The predicted molar refractivity (Wildman–Crippen MR) is 132 cm³/mol. The Bertz CT molecular complexity index is 1110. The number of likely N-dealkylation sites (N-methyl/N-ethyl adjacent to an activating group) is 1. The Labute approximate surface area is 209 Å². The van der Waals surface area contributed by atoms with E-state index in [0.717, 1.165) is 4.91 Å². The number of aliphatic hydroxyl groups excluding tert-OH is 1. The average molecular weight is 522 g/mol. The highest BCUT2D eigenvalue weighted by Crippen LogP contribution is 2.52. The van der Waals surface area contributed by atoms with Crippen molar-refractivity contribution in [2.45, 2.75) is 43.7 Å². The summed E-state index contributed by atoms with van der Waals surface area (Å²) in [5.41, 5.74) is 0.704. The summed E-state index contributed by atoms with van der Waals surface area (Å²) in [6.45, 7) is 4.09. The van der Waals surface area contributed by atoms with E-state index in [1.165, 1.54) is 28.8 Å². The molecule has 188 valence electrons. The van der Waals surface area contributed by atoms with Crippen LogP contribution in [0.4, 0.5) is 5.69 Å². The molecule has 2 fully saturated rings. The van der Waals surface area contributed by atoms with Crippen molar-refractivity contribution < 1.29 is 33.9 Å². The third kappa shape index (κ3) is 4.58. The maximum atomic E-state index is 13.0. The fraction of sp³-hybridized carbons (Fsp3) is 0.478. The van der Waals surface area contributed by atoms with Gasteiger partial charge in [-0.15, -0.1) is 11.8 Å². The molecule has 3 N–H and O–H groups in total. The Morgan fingerprint density at radius 3 is 2.66 bits per heavy atom. The monoisotopic (exact) mass is 521 g/mol. The zero-order valence-corrected chi connectivity index (χ0v) is 21.5. The Morgan fingerprint density at radius 1 is 1.31 bits per heavy atom. The lowest BCUT2D eigenvalue weighted by Gasteiger charge is -2.46. The Kier molecular flexibility index (Phi) is 7.24. The van der Waals surface area contributed by atoms with E-state index in [4.69, 9.17) is 4.52 Å². The molecule has 3 heterocycles. The second kappa shape index (κ2) is 9.89. The number of likely N-dealkylation sites (tertiary alicyclic amines) is 1. The highest BCUT2D eigenvalue weighted by Gasteiger charge is 2.60. The fourth-order valence-electron chi connectivity index (χ4n) is 5.20. The summed E-state index contributed by atoms with van der Waals surface area (Å²) in [5.74, 6) is -2.96. The van der Waals surface area contributed by atoms with Gasteiger partial charge in [-0.1, -0.05) is 13.0 Å². The first-order valence-corrected chi connectivity index (χ1v) is 12.6. The number of benzene rings is 1. The number of amides is 2. The minimum absolute atomic E-state index is 0.0235. The number of hydrogen-bond donors (Lipinski definition) is 3. The van der Waals surface area contributed by atoms with Crippen LogP contribution >= 0.6 is 21.2 Å². The van der Waals surface area contributed by atoms with E-state index in [-0.39, 0.29) is 40.3 Å². The highest BCUT2D eigenvalue weighted by molar-refractivity contribution is 8.03. The summed E-state index contributed by atoms with van der Waals surface area (Å²) in [6, 6.07) is 5.32. The molecule has 4 rings (SSSR count). The van der Waals surface area contributed by atoms with Crippen molar-refractivity contribution in [1.29, 1.82) is 0 Å². The van der Waals surface area contributed by atoms with Gasteiger partial charge in [-0.3, -0.25) is 14.5 Å². The minimum atomic E-state index is -1.07. The minimum Gasteiger partial charge on any atom is -0.478 e. The van der Waals surface area contributed by atoms with Crippen LogP contribution in [0.1, 0.15) is 30.6 Å². The maximum absolute atomic E-state index is 13.0. The molecule has 3 aliphatic rings. The number of rotatable bonds is 7. The van der Waals surface area contributed by atoms with Gasteiger partial charge in [-0.2, -0.15) is 0 Å². The molecule has 0 spiro atoms. The third-order valence-electron chi connectivity index (χ3n) is 6.89. The quantitative estimate of drug-likeness (QED) is 0.360. The Balaban J connectivity index is 1.49. The number of nitrogens with zero attached hydrogens (tertiary/aromatic N) is 2. The van der Waals surface area contributed by atoms with Crippen molar-refractivity contribution in [3.05, 3.63) is 40.4 Å². The van der Waals surface area contributed by atoms with Crippen LogP contribution in [0, 0.1) is 11.8 Å². The standard InChI is InChI=1S/C23H28N3O7PS/c1-10-17-16(11(2)27)21(29)26(17)18(23(32)33-34)19(10)35-14-8-15(25(3)9-14)20(28)24-13-6-4-5-12(7-13)22(30)31/h4-7,10-11,14-17,27H,8-9,34H2,1-3H3,(H,24,28)(H,30,31). The lowest BCUT2D eigenvalue weighted by molar-refractivity contribution is -0.162. The SMILES string of the molecule is CC(O)C1C(=O)N2C(C(=O)OP)=C(SC3CC(C(=O)Nc4cccc(C(=O)O)c4)N(C)C3)C(C)C12. The predicted octanol–water partition coefficient (Wildman–Crippen LogP) is 1.53. The van der Waals surface area contributed by atoms with Gasteiger partial charge in [0.15, 0.2) is 0 Å². The van der Waals surface area contributed by atoms with Gasteiger partial charge in [-0.25, -0.2) is 9.59 Å². The lowest BCUT2D eigenvalue weighted by Crippen LogP contribution is -2.63.